The molecular weight excluding hydrogens is 364 g/mol. The van der Waals surface area contributed by atoms with Crippen molar-refractivity contribution in [2.24, 2.45) is 0 Å². The molecule has 2 unspecified atom stereocenters. The Morgan fingerprint density at radius 1 is 1.44 bits per heavy atom. The lowest BCUT2D eigenvalue weighted by molar-refractivity contribution is 0.126. The molecule has 140 valence electrons. The Morgan fingerprint density at radius 2 is 2.24 bits per heavy atom. The van der Waals surface area contributed by atoms with Crippen LogP contribution in [0.15, 0.2) is 17.0 Å². The fourth-order valence-electron chi connectivity index (χ4n) is 3.48. The molecule has 8 heteroatoms. The van der Waals surface area contributed by atoms with Crippen LogP contribution in [0.2, 0.25) is 5.02 Å². The number of sulfonamides is 1. The van der Waals surface area contributed by atoms with Crippen molar-refractivity contribution >= 4 is 21.6 Å². The molecule has 0 radical (unpaired) electrons. The zero-order chi connectivity index (χ0) is 18.0. The Hall–Kier alpha value is -0.860. The summed E-state index contributed by atoms with van der Waals surface area (Å²) >= 11 is 6.23. The number of rotatable bonds is 6. The Bertz CT molecular complexity index is 726. The lowest BCUT2D eigenvalue weighted by Gasteiger charge is -2.32. The molecule has 1 fully saturated rings. The first-order valence-electron chi connectivity index (χ1n) is 8.62. The van der Waals surface area contributed by atoms with Gasteiger partial charge in [0.05, 0.1) is 16.5 Å². The van der Waals surface area contributed by atoms with Crippen LogP contribution >= 0.6 is 11.6 Å². The maximum atomic E-state index is 12.8. The predicted molar refractivity (Wildman–Crippen MR) is 96.9 cm³/mol. The summed E-state index contributed by atoms with van der Waals surface area (Å²) in [6, 6.07) is 3.06. The Balaban J connectivity index is 1.72. The van der Waals surface area contributed by atoms with Crippen molar-refractivity contribution < 1.29 is 17.9 Å². The van der Waals surface area contributed by atoms with Crippen molar-refractivity contribution in [1.82, 2.24) is 9.62 Å². The molecule has 0 bridgehead atoms. The van der Waals surface area contributed by atoms with E-state index in [1.807, 2.05) is 6.92 Å². The van der Waals surface area contributed by atoms with Gasteiger partial charge < -0.3 is 9.47 Å². The van der Waals surface area contributed by atoms with E-state index >= 15 is 0 Å². The smallest absolute Gasteiger partial charge is 0.240 e. The molecule has 0 aliphatic carbocycles. The number of nitrogens with zero attached hydrogens (tertiary/aromatic N) is 1. The minimum atomic E-state index is -3.61. The summed E-state index contributed by atoms with van der Waals surface area (Å²) < 4.78 is 39.2. The van der Waals surface area contributed by atoms with Gasteiger partial charge in [0, 0.05) is 38.2 Å². The van der Waals surface area contributed by atoms with Gasteiger partial charge in [-0.1, -0.05) is 11.6 Å². The molecule has 1 aromatic rings. The summed E-state index contributed by atoms with van der Waals surface area (Å²) in [5.74, 6) is 0.608. The van der Waals surface area contributed by atoms with Gasteiger partial charge >= 0.3 is 0 Å². The molecule has 0 spiro atoms. The average molecular weight is 389 g/mol. The van der Waals surface area contributed by atoms with E-state index < -0.39 is 10.0 Å². The van der Waals surface area contributed by atoms with Gasteiger partial charge in [-0.05, 0) is 38.4 Å². The van der Waals surface area contributed by atoms with Crippen molar-refractivity contribution in [2.45, 2.75) is 43.2 Å². The van der Waals surface area contributed by atoms with E-state index in [1.54, 1.807) is 13.2 Å². The molecule has 2 atom stereocenters. The molecule has 2 aliphatic rings. The number of nitrogens with one attached hydrogen (secondary N) is 1. The van der Waals surface area contributed by atoms with Crippen molar-refractivity contribution in [2.75, 3.05) is 33.4 Å². The first-order valence-corrected chi connectivity index (χ1v) is 10.5. The van der Waals surface area contributed by atoms with Gasteiger partial charge in [0.1, 0.15) is 11.9 Å². The third-order valence-corrected chi connectivity index (χ3v) is 6.45. The number of piperidine rings is 1. The summed E-state index contributed by atoms with van der Waals surface area (Å²) in [6.45, 7) is 5.08. The van der Waals surface area contributed by atoms with E-state index in [1.165, 1.54) is 6.07 Å². The van der Waals surface area contributed by atoms with Crippen LogP contribution in [0.25, 0.3) is 0 Å². The average Bonchev–Trinajstić information content (AvgIpc) is 2.94. The molecule has 6 nitrogen and oxygen atoms in total. The lowest BCUT2D eigenvalue weighted by Crippen LogP contribution is -2.48. The molecule has 1 N–H and O–H groups in total. The van der Waals surface area contributed by atoms with Crippen LogP contribution in [0.5, 0.6) is 5.75 Å². The normalized spacial score (nSPS) is 24.1. The molecule has 3 rings (SSSR count). The maximum Gasteiger partial charge on any atom is 0.240 e. The third kappa shape index (κ3) is 4.46. The Morgan fingerprint density at radius 3 is 3.00 bits per heavy atom. The number of halogens is 1. The van der Waals surface area contributed by atoms with E-state index in [0.717, 1.165) is 31.5 Å². The highest BCUT2D eigenvalue weighted by atomic mass is 35.5. The van der Waals surface area contributed by atoms with Crippen molar-refractivity contribution in [3.63, 3.8) is 0 Å². The van der Waals surface area contributed by atoms with Gasteiger partial charge in [-0.2, -0.15) is 0 Å². The van der Waals surface area contributed by atoms with E-state index in [2.05, 4.69) is 9.62 Å². The monoisotopic (exact) mass is 388 g/mol. The first-order chi connectivity index (χ1) is 11.9. The zero-order valence-electron chi connectivity index (χ0n) is 14.6. The van der Waals surface area contributed by atoms with Crippen LogP contribution < -0.4 is 9.46 Å². The number of methoxy groups -OCH3 is 1. The highest BCUT2D eigenvalue weighted by Gasteiger charge is 2.29. The number of benzene rings is 1. The molecule has 25 heavy (non-hydrogen) atoms. The Labute approximate surface area is 154 Å². The topological polar surface area (TPSA) is 67.9 Å². The van der Waals surface area contributed by atoms with E-state index in [4.69, 9.17) is 21.1 Å². The SMILES string of the molecule is COCCN1CCCC(NS(=O)(=O)c2cc(Cl)c3c(c2)CC(C)O3)C1. The fraction of sp³-hybridized carbons (Fsp3) is 0.647. The van der Waals surface area contributed by atoms with Crippen molar-refractivity contribution in [1.29, 1.82) is 0 Å². The summed E-state index contributed by atoms with van der Waals surface area (Å²) in [5, 5.41) is 0.354. The quantitative estimate of drug-likeness (QED) is 0.807. The largest absolute Gasteiger partial charge is 0.489 e. The molecule has 0 amide bonds. The zero-order valence-corrected chi connectivity index (χ0v) is 16.2. The number of hydrogen-bond acceptors (Lipinski definition) is 5. The van der Waals surface area contributed by atoms with Gasteiger partial charge in [0.25, 0.3) is 0 Å². The van der Waals surface area contributed by atoms with Gasteiger partial charge in [-0.3, -0.25) is 4.90 Å². The van der Waals surface area contributed by atoms with E-state index in [-0.39, 0.29) is 17.0 Å². The minimum Gasteiger partial charge on any atom is -0.489 e. The molecule has 0 saturated carbocycles. The summed E-state index contributed by atoms with van der Waals surface area (Å²) in [7, 11) is -1.94. The van der Waals surface area contributed by atoms with Crippen LogP contribution in [-0.4, -0.2) is 58.8 Å². The number of ether oxygens (including phenoxy) is 2. The molecule has 2 aliphatic heterocycles. The van der Waals surface area contributed by atoms with Gasteiger partial charge in [-0.15, -0.1) is 0 Å². The summed E-state index contributed by atoms with van der Waals surface area (Å²) in [6.07, 6.45) is 2.49. The second-order valence-electron chi connectivity index (χ2n) is 6.78. The molecule has 2 heterocycles. The fourth-order valence-corrected chi connectivity index (χ4v) is 5.16. The third-order valence-electron chi connectivity index (χ3n) is 4.67. The number of fused-ring (bicyclic) bond motifs is 1. The second-order valence-corrected chi connectivity index (χ2v) is 8.90. The number of hydrogen-bond donors (Lipinski definition) is 1. The van der Waals surface area contributed by atoms with Crippen LogP contribution in [0.1, 0.15) is 25.3 Å². The summed E-state index contributed by atoms with van der Waals surface area (Å²) in [4.78, 5) is 2.44. The highest BCUT2D eigenvalue weighted by molar-refractivity contribution is 7.89. The summed E-state index contributed by atoms with van der Waals surface area (Å²) in [5.41, 5.74) is 0.853. The highest BCUT2D eigenvalue weighted by Crippen LogP contribution is 2.38. The van der Waals surface area contributed by atoms with E-state index in [0.29, 0.717) is 30.3 Å². The van der Waals surface area contributed by atoms with Crippen LogP contribution in [0, 0.1) is 0 Å². The Kier molecular flexibility index (Phi) is 5.90. The molecule has 1 aromatic carbocycles. The van der Waals surface area contributed by atoms with Crippen molar-refractivity contribution in [3.8, 4) is 5.75 Å². The maximum absolute atomic E-state index is 12.8. The molecule has 1 saturated heterocycles. The minimum absolute atomic E-state index is 0.0195. The second kappa shape index (κ2) is 7.80. The van der Waals surface area contributed by atoms with Crippen LogP contribution in [-0.2, 0) is 21.2 Å². The standard InChI is InChI=1S/C17H25ClN2O4S/c1-12-8-13-9-15(10-16(18)17(13)24-12)25(21,22)19-14-4-3-5-20(11-14)6-7-23-2/h9-10,12,14,19H,3-8,11H2,1-2H3. The first kappa shape index (κ1) is 18.9. The van der Waals surface area contributed by atoms with Gasteiger partial charge in [0.15, 0.2) is 0 Å². The van der Waals surface area contributed by atoms with Gasteiger partial charge in [-0.25, -0.2) is 13.1 Å². The van der Waals surface area contributed by atoms with Gasteiger partial charge in [0.2, 0.25) is 10.0 Å². The number of likely N-dealkylation sites (tertiary alicyclic amines) is 1. The van der Waals surface area contributed by atoms with Crippen molar-refractivity contribution in [3.05, 3.63) is 22.7 Å². The molecular formula is C17H25ClN2O4S. The van der Waals surface area contributed by atoms with Crippen LogP contribution in [0.3, 0.4) is 0 Å². The molecule has 0 aromatic heterocycles. The van der Waals surface area contributed by atoms with Crippen LogP contribution in [0.4, 0.5) is 0 Å². The van der Waals surface area contributed by atoms with E-state index in [9.17, 15) is 8.42 Å². The predicted octanol–water partition coefficient (Wildman–Crippen LogP) is 2.05. The lowest BCUT2D eigenvalue weighted by atomic mass is 10.1.